The van der Waals surface area contributed by atoms with Crippen LogP contribution in [0.15, 0.2) is 24.4 Å². The van der Waals surface area contributed by atoms with Crippen molar-refractivity contribution in [3.63, 3.8) is 0 Å². The minimum absolute atomic E-state index is 0.648. The zero-order valence-corrected chi connectivity index (χ0v) is 8.52. The average Bonchev–Trinajstić information content (AvgIpc) is 2.02. The average molecular weight is 212 g/mol. The maximum atomic E-state index is 5.99. The lowest BCUT2D eigenvalue weighted by molar-refractivity contribution is 1.22. The van der Waals surface area contributed by atoms with Gasteiger partial charge in [-0.15, -0.1) is 0 Å². The Kier molecular flexibility index (Phi) is 2.14. The molecule has 3 heteroatoms. The van der Waals surface area contributed by atoms with Gasteiger partial charge in [0.1, 0.15) is 0 Å². The summed E-state index contributed by atoms with van der Waals surface area (Å²) in [7, 11) is 0. The van der Waals surface area contributed by atoms with Gasteiger partial charge in [0, 0.05) is 22.3 Å². The fourth-order valence-corrected chi connectivity index (χ4v) is 1.85. The molecule has 0 fully saturated rings. The molecule has 0 bridgehead atoms. The van der Waals surface area contributed by atoms with E-state index in [0.29, 0.717) is 10.0 Å². The highest BCUT2D eigenvalue weighted by molar-refractivity contribution is 6.38. The molecule has 1 nitrogen and oxygen atoms in total. The van der Waals surface area contributed by atoms with Gasteiger partial charge in [0.25, 0.3) is 0 Å². The second-order valence-corrected chi connectivity index (χ2v) is 3.78. The number of hydrogen-bond acceptors (Lipinski definition) is 1. The van der Waals surface area contributed by atoms with Gasteiger partial charge in [0.2, 0.25) is 0 Å². The molecule has 13 heavy (non-hydrogen) atoms. The standard InChI is InChI=1S/C10H7Cl2N/c1-6-2-7-3-8(11)4-10(12)9(7)5-13-6/h2-5H,1H3. The van der Waals surface area contributed by atoms with Crippen LogP contribution in [0, 0.1) is 6.92 Å². The predicted octanol–water partition coefficient (Wildman–Crippen LogP) is 3.85. The molecule has 1 aromatic heterocycles. The van der Waals surface area contributed by atoms with Gasteiger partial charge in [0.15, 0.2) is 0 Å². The van der Waals surface area contributed by atoms with Gasteiger partial charge >= 0.3 is 0 Å². The van der Waals surface area contributed by atoms with Crippen LogP contribution in [-0.2, 0) is 0 Å². The SMILES string of the molecule is Cc1cc2cc(Cl)cc(Cl)c2cn1. The molecular formula is C10H7Cl2N. The van der Waals surface area contributed by atoms with Crippen molar-refractivity contribution in [3.05, 3.63) is 40.1 Å². The van der Waals surface area contributed by atoms with E-state index in [1.807, 2.05) is 19.1 Å². The zero-order chi connectivity index (χ0) is 9.42. The topological polar surface area (TPSA) is 12.9 Å². The van der Waals surface area contributed by atoms with Crippen LogP contribution >= 0.6 is 23.2 Å². The molecule has 2 aromatic rings. The molecule has 0 atom stereocenters. The van der Waals surface area contributed by atoms with Crippen LogP contribution in [0.5, 0.6) is 0 Å². The minimum Gasteiger partial charge on any atom is -0.261 e. The van der Waals surface area contributed by atoms with E-state index in [1.165, 1.54) is 0 Å². The highest BCUT2D eigenvalue weighted by atomic mass is 35.5. The maximum absolute atomic E-state index is 5.99. The van der Waals surface area contributed by atoms with E-state index in [9.17, 15) is 0 Å². The van der Waals surface area contributed by atoms with E-state index < -0.39 is 0 Å². The maximum Gasteiger partial charge on any atom is 0.0514 e. The molecule has 66 valence electrons. The van der Waals surface area contributed by atoms with Crippen LogP contribution in [-0.4, -0.2) is 4.98 Å². The molecule has 0 saturated heterocycles. The number of halogens is 2. The van der Waals surface area contributed by atoms with Crippen molar-refractivity contribution < 1.29 is 0 Å². The molecule has 0 N–H and O–H groups in total. The normalized spacial score (nSPS) is 10.7. The lowest BCUT2D eigenvalue weighted by Gasteiger charge is -2.01. The van der Waals surface area contributed by atoms with Crippen LogP contribution in [0.1, 0.15) is 5.69 Å². The van der Waals surface area contributed by atoms with Gasteiger partial charge in [-0.05, 0) is 30.5 Å². The molecule has 0 aliphatic carbocycles. The molecular weight excluding hydrogens is 205 g/mol. The Morgan fingerprint density at radius 2 is 1.92 bits per heavy atom. The van der Waals surface area contributed by atoms with Crippen LogP contribution in [0.25, 0.3) is 10.8 Å². The van der Waals surface area contributed by atoms with Gasteiger partial charge in [-0.1, -0.05) is 23.2 Å². The van der Waals surface area contributed by atoms with Crippen LogP contribution in [0.4, 0.5) is 0 Å². The van der Waals surface area contributed by atoms with E-state index in [0.717, 1.165) is 16.5 Å². The van der Waals surface area contributed by atoms with Crippen LogP contribution < -0.4 is 0 Å². The van der Waals surface area contributed by atoms with Crippen molar-refractivity contribution in [2.75, 3.05) is 0 Å². The summed E-state index contributed by atoms with van der Waals surface area (Å²) in [5.41, 5.74) is 0.964. The molecule has 0 saturated carbocycles. The number of pyridine rings is 1. The number of nitrogens with zero attached hydrogens (tertiary/aromatic N) is 1. The summed E-state index contributed by atoms with van der Waals surface area (Å²) in [5.74, 6) is 0. The first-order chi connectivity index (χ1) is 6.16. The minimum atomic E-state index is 0.648. The lowest BCUT2D eigenvalue weighted by atomic mass is 10.1. The summed E-state index contributed by atoms with van der Waals surface area (Å²) < 4.78 is 0. The lowest BCUT2D eigenvalue weighted by Crippen LogP contribution is -1.82. The first kappa shape index (κ1) is 8.79. The van der Waals surface area contributed by atoms with Crippen LogP contribution in [0.3, 0.4) is 0 Å². The quantitative estimate of drug-likeness (QED) is 0.646. The van der Waals surface area contributed by atoms with Crippen molar-refractivity contribution in [1.82, 2.24) is 4.98 Å². The molecule has 1 aromatic carbocycles. The predicted molar refractivity (Wildman–Crippen MR) is 56.5 cm³/mol. The van der Waals surface area contributed by atoms with Crippen LogP contribution in [0.2, 0.25) is 10.0 Å². The van der Waals surface area contributed by atoms with Gasteiger partial charge in [-0.3, -0.25) is 4.98 Å². The van der Waals surface area contributed by atoms with Gasteiger partial charge in [-0.2, -0.15) is 0 Å². The second-order valence-electron chi connectivity index (χ2n) is 2.93. The third-order valence-corrected chi connectivity index (χ3v) is 2.42. The summed E-state index contributed by atoms with van der Waals surface area (Å²) in [6, 6.07) is 5.58. The van der Waals surface area contributed by atoms with Crippen molar-refractivity contribution in [1.29, 1.82) is 0 Å². The Balaban J connectivity index is 2.86. The number of aromatic nitrogens is 1. The Hall–Kier alpha value is -0.790. The van der Waals surface area contributed by atoms with E-state index in [1.54, 1.807) is 12.3 Å². The van der Waals surface area contributed by atoms with Crippen molar-refractivity contribution in [2.45, 2.75) is 6.92 Å². The Bertz CT molecular complexity index is 460. The molecule has 0 unspecified atom stereocenters. The number of aryl methyl sites for hydroxylation is 1. The largest absolute Gasteiger partial charge is 0.261 e. The number of rotatable bonds is 0. The van der Waals surface area contributed by atoms with E-state index >= 15 is 0 Å². The number of hydrogen-bond donors (Lipinski definition) is 0. The first-order valence-corrected chi connectivity index (χ1v) is 4.64. The molecule has 0 radical (unpaired) electrons. The molecule has 1 heterocycles. The van der Waals surface area contributed by atoms with Crippen molar-refractivity contribution >= 4 is 34.0 Å². The highest BCUT2D eigenvalue weighted by Crippen LogP contribution is 2.27. The number of fused-ring (bicyclic) bond motifs is 1. The van der Waals surface area contributed by atoms with Crippen molar-refractivity contribution in [2.24, 2.45) is 0 Å². The fraction of sp³-hybridized carbons (Fsp3) is 0.100. The summed E-state index contributed by atoms with van der Waals surface area (Å²) in [4.78, 5) is 4.17. The van der Waals surface area contributed by atoms with E-state index in [2.05, 4.69) is 4.98 Å². The first-order valence-electron chi connectivity index (χ1n) is 3.88. The summed E-state index contributed by atoms with van der Waals surface area (Å²) in [5, 5.41) is 3.28. The zero-order valence-electron chi connectivity index (χ0n) is 7.01. The monoisotopic (exact) mass is 211 g/mol. The van der Waals surface area contributed by atoms with Gasteiger partial charge < -0.3 is 0 Å². The van der Waals surface area contributed by atoms with Crippen molar-refractivity contribution in [3.8, 4) is 0 Å². The summed E-state index contributed by atoms with van der Waals surface area (Å²) in [6.45, 7) is 1.94. The highest BCUT2D eigenvalue weighted by Gasteiger charge is 2.01. The second kappa shape index (κ2) is 3.17. The van der Waals surface area contributed by atoms with Gasteiger partial charge in [-0.25, -0.2) is 0 Å². The molecule has 2 rings (SSSR count). The smallest absolute Gasteiger partial charge is 0.0514 e. The molecule has 0 amide bonds. The molecule has 0 spiro atoms. The molecule has 0 aliphatic heterocycles. The summed E-state index contributed by atoms with van der Waals surface area (Å²) >= 11 is 11.9. The fourth-order valence-electron chi connectivity index (χ4n) is 1.29. The van der Waals surface area contributed by atoms with E-state index in [4.69, 9.17) is 23.2 Å². The Morgan fingerprint density at radius 3 is 2.69 bits per heavy atom. The van der Waals surface area contributed by atoms with Gasteiger partial charge in [0.05, 0.1) is 5.02 Å². The Morgan fingerprint density at radius 1 is 1.15 bits per heavy atom. The third-order valence-electron chi connectivity index (χ3n) is 1.89. The third kappa shape index (κ3) is 1.62. The van der Waals surface area contributed by atoms with E-state index in [-0.39, 0.29) is 0 Å². The summed E-state index contributed by atoms with van der Waals surface area (Å²) in [6.07, 6.45) is 1.77. The number of benzene rings is 1. The molecule has 0 aliphatic rings. The Labute approximate surface area is 86.3 Å².